The zero-order valence-corrected chi connectivity index (χ0v) is 8.74. The summed E-state index contributed by atoms with van der Waals surface area (Å²) >= 11 is 0. The van der Waals surface area contributed by atoms with Crippen LogP contribution in [-0.2, 0) is 4.74 Å². The van der Waals surface area contributed by atoms with Crippen molar-refractivity contribution in [3.8, 4) is 0 Å². The molecular weight excluding hydrogens is 176 g/mol. The predicted molar refractivity (Wildman–Crippen MR) is 56.1 cm³/mol. The Labute approximate surface area is 86.0 Å². The van der Waals surface area contributed by atoms with E-state index in [2.05, 4.69) is 6.58 Å². The van der Waals surface area contributed by atoms with Gasteiger partial charge in [-0.25, -0.2) is 0 Å². The van der Waals surface area contributed by atoms with Gasteiger partial charge in [-0.3, -0.25) is 0 Å². The lowest BCUT2D eigenvalue weighted by Gasteiger charge is -2.31. The summed E-state index contributed by atoms with van der Waals surface area (Å²) in [6, 6.07) is 0. The van der Waals surface area contributed by atoms with Gasteiger partial charge in [0.2, 0.25) is 0 Å². The largest absolute Gasteiger partial charge is 0.393 e. The molecule has 80 valence electrons. The molecule has 3 atom stereocenters. The van der Waals surface area contributed by atoms with E-state index in [9.17, 15) is 5.11 Å². The van der Waals surface area contributed by atoms with Gasteiger partial charge in [-0.1, -0.05) is 6.08 Å². The number of hydrogen-bond acceptors (Lipinski definition) is 2. The Morgan fingerprint density at radius 2 is 2.07 bits per heavy atom. The third kappa shape index (κ3) is 2.01. The van der Waals surface area contributed by atoms with Crippen LogP contribution in [0.4, 0.5) is 0 Å². The normalized spacial score (nSPS) is 42.9. The highest BCUT2D eigenvalue weighted by Crippen LogP contribution is 2.41. The summed E-state index contributed by atoms with van der Waals surface area (Å²) in [7, 11) is 0. The monoisotopic (exact) mass is 196 g/mol. The number of rotatable bonds is 2. The van der Waals surface area contributed by atoms with Gasteiger partial charge in [0, 0.05) is 0 Å². The van der Waals surface area contributed by atoms with E-state index in [0.29, 0.717) is 6.10 Å². The first-order valence-corrected chi connectivity index (χ1v) is 5.71. The average Bonchev–Trinajstić information content (AvgIpc) is 2.57. The van der Waals surface area contributed by atoms with Crippen LogP contribution in [0.3, 0.4) is 0 Å². The van der Waals surface area contributed by atoms with Gasteiger partial charge in [0.1, 0.15) is 0 Å². The van der Waals surface area contributed by atoms with E-state index in [1.165, 1.54) is 6.42 Å². The van der Waals surface area contributed by atoms with E-state index in [1.54, 1.807) is 0 Å². The van der Waals surface area contributed by atoms with Crippen LogP contribution >= 0.6 is 0 Å². The van der Waals surface area contributed by atoms with Crippen LogP contribution in [0.15, 0.2) is 12.7 Å². The van der Waals surface area contributed by atoms with Crippen molar-refractivity contribution in [1.29, 1.82) is 0 Å². The Balaban J connectivity index is 2.05. The molecule has 2 saturated heterocycles. The molecule has 2 heterocycles. The molecule has 0 aliphatic carbocycles. The summed E-state index contributed by atoms with van der Waals surface area (Å²) in [4.78, 5) is 0. The minimum atomic E-state index is -0.108. The summed E-state index contributed by atoms with van der Waals surface area (Å²) in [5.74, 6) is 0. The fourth-order valence-electron chi connectivity index (χ4n) is 2.75. The second-order valence-corrected chi connectivity index (χ2v) is 4.72. The van der Waals surface area contributed by atoms with Gasteiger partial charge in [-0.15, -0.1) is 6.58 Å². The SMILES string of the molecule is C=CCC12CCC(O)CCC(CC1)O2. The molecule has 1 N–H and O–H groups in total. The predicted octanol–water partition coefficient (Wildman–Crippen LogP) is 2.42. The number of aliphatic hydroxyl groups is 1. The van der Waals surface area contributed by atoms with Crippen LogP contribution in [0.25, 0.3) is 0 Å². The molecule has 0 saturated carbocycles. The van der Waals surface area contributed by atoms with Gasteiger partial charge >= 0.3 is 0 Å². The zero-order valence-electron chi connectivity index (χ0n) is 8.74. The Morgan fingerprint density at radius 1 is 1.29 bits per heavy atom. The molecule has 2 bridgehead atoms. The highest BCUT2D eigenvalue weighted by atomic mass is 16.5. The van der Waals surface area contributed by atoms with Gasteiger partial charge in [-0.05, 0) is 44.9 Å². The van der Waals surface area contributed by atoms with Crippen molar-refractivity contribution in [3.05, 3.63) is 12.7 Å². The number of ether oxygens (including phenoxy) is 1. The smallest absolute Gasteiger partial charge is 0.0722 e. The van der Waals surface area contributed by atoms with Gasteiger partial charge in [0.05, 0.1) is 17.8 Å². The third-order valence-corrected chi connectivity index (χ3v) is 3.61. The van der Waals surface area contributed by atoms with Gasteiger partial charge in [-0.2, -0.15) is 0 Å². The minimum absolute atomic E-state index is 0.0216. The minimum Gasteiger partial charge on any atom is -0.393 e. The van der Waals surface area contributed by atoms with Crippen molar-refractivity contribution < 1.29 is 9.84 Å². The molecule has 0 amide bonds. The lowest BCUT2D eigenvalue weighted by atomic mass is 9.89. The van der Waals surface area contributed by atoms with E-state index in [-0.39, 0.29) is 11.7 Å². The van der Waals surface area contributed by atoms with Crippen LogP contribution in [0.1, 0.15) is 44.9 Å². The van der Waals surface area contributed by atoms with Crippen LogP contribution in [0.5, 0.6) is 0 Å². The summed E-state index contributed by atoms with van der Waals surface area (Å²) in [6.07, 6.45) is 9.32. The molecule has 2 fully saturated rings. The van der Waals surface area contributed by atoms with E-state index in [0.717, 1.165) is 38.5 Å². The second kappa shape index (κ2) is 4.03. The van der Waals surface area contributed by atoms with Crippen LogP contribution in [0.2, 0.25) is 0 Å². The highest BCUT2D eigenvalue weighted by molar-refractivity contribution is 4.95. The first-order valence-electron chi connectivity index (χ1n) is 5.71. The maximum Gasteiger partial charge on any atom is 0.0722 e. The standard InChI is InChI=1S/C12H20O2/c1-2-7-12-8-5-10(13)3-4-11(14-12)6-9-12/h2,10-11,13H,1,3-9H2. The molecule has 2 nitrogen and oxygen atoms in total. The summed E-state index contributed by atoms with van der Waals surface area (Å²) < 4.78 is 6.10. The van der Waals surface area contributed by atoms with Crippen LogP contribution in [-0.4, -0.2) is 22.9 Å². The van der Waals surface area contributed by atoms with E-state index in [1.807, 2.05) is 6.08 Å². The Hall–Kier alpha value is -0.340. The summed E-state index contributed by atoms with van der Waals surface area (Å²) in [5.41, 5.74) is 0.0216. The average molecular weight is 196 g/mol. The first kappa shape index (κ1) is 10.2. The number of hydrogen-bond donors (Lipinski definition) is 1. The maximum absolute atomic E-state index is 9.68. The lowest BCUT2D eigenvalue weighted by Crippen LogP contribution is -2.32. The molecule has 2 aliphatic rings. The maximum atomic E-state index is 9.68. The van der Waals surface area contributed by atoms with Crippen molar-refractivity contribution in [2.24, 2.45) is 0 Å². The van der Waals surface area contributed by atoms with Crippen molar-refractivity contribution in [2.75, 3.05) is 0 Å². The lowest BCUT2D eigenvalue weighted by molar-refractivity contribution is -0.0695. The van der Waals surface area contributed by atoms with E-state index in [4.69, 9.17) is 4.74 Å². The van der Waals surface area contributed by atoms with Gasteiger partial charge in [0.25, 0.3) is 0 Å². The molecule has 2 rings (SSSR count). The summed E-state index contributed by atoms with van der Waals surface area (Å²) in [6.45, 7) is 3.80. The fourth-order valence-corrected chi connectivity index (χ4v) is 2.75. The number of aliphatic hydroxyl groups excluding tert-OH is 1. The molecular formula is C12H20O2. The fraction of sp³-hybridized carbons (Fsp3) is 0.833. The molecule has 3 unspecified atom stereocenters. The van der Waals surface area contributed by atoms with Crippen molar-refractivity contribution in [1.82, 2.24) is 0 Å². The quantitative estimate of drug-likeness (QED) is 0.687. The Kier molecular flexibility index (Phi) is 2.93. The van der Waals surface area contributed by atoms with E-state index < -0.39 is 0 Å². The summed E-state index contributed by atoms with van der Waals surface area (Å²) in [5, 5.41) is 9.68. The van der Waals surface area contributed by atoms with Crippen LogP contribution in [0, 0.1) is 0 Å². The second-order valence-electron chi connectivity index (χ2n) is 4.72. The van der Waals surface area contributed by atoms with Crippen molar-refractivity contribution >= 4 is 0 Å². The molecule has 0 aromatic heterocycles. The molecule has 2 heteroatoms. The van der Waals surface area contributed by atoms with Gasteiger partial charge < -0.3 is 9.84 Å². The highest BCUT2D eigenvalue weighted by Gasteiger charge is 2.40. The van der Waals surface area contributed by atoms with Gasteiger partial charge in [0.15, 0.2) is 0 Å². The molecule has 0 spiro atoms. The molecule has 14 heavy (non-hydrogen) atoms. The Bertz CT molecular complexity index is 214. The van der Waals surface area contributed by atoms with E-state index >= 15 is 0 Å². The third-order valence-electron chi connectivity index (χ3n) is 3.61. The zero-order chi connectivity index (χ0) is 10.0. The Morgan fingerprint density at radius 3 is 2.86 bits per heavy atom. The van der Waals surface area contributed by atoms with Crippen molar-refractivity contribution in [2.45, 2.75) is 62.8 Å². The molecule has 0 aromatic rings. The topological polar surface area (TPSA) is 29.5 Å². The first-order chi connectivity index (χ1) is 6.74. The van der Waals surface area contributed by atoms with Crippen LogP contribution < -0.4 is 0 Å². The molecule has 2 aliphatic heterocycles. The van der Waals surface area contributed by atoms with Crippen molar-refractivity contribution in [3.63, 3.8) is 0 Å². The molecule has 0 radical (unpaired) electrons. The number of fused-ring (bicyclic) bond motifs is 2. The molecule has 0 aromatic carbocycles.